The van der Waals surface area contributed by atoms with E-state index in [1.807, 2.05) is 13.0 Å². The first kappa shape index (κ1) is 13.8. The van der Waals surface area contributed by atoms with Gasteiger partial charge < -0.3 is 15.7 Å². The third-order valence-electron chi connectivity index (χ3n) is 3.46. The Morgan fingerprint density at radius 3 is 2.84 bits per heavy atom. The van der Waals surface area contributed by atoms with Crippen LogP contribution in [0.15, 0.2) is 18.5 Å². The summed E-state index contributed by atoms with van der Waals surface area (Å²) in [5.74, 6) is -0.0922. The molecule has 0 aliphatic heterocycles. The maximum Gasteiger partial charge on any atom is 0.255 e. The van der Waals surface area contributed by atoms with Crippen molar-refractivity contribution in [1.82, 2.24) is 10.3 Å². The van der Waals surface area contributed by atoms with Gasteiger partial charge in [-0.15, -0.1) is 0 Å². The van der Waals surface area contributed by atoms with Crippen molar-refractivity contribution in [3.8, 4) is 0 Å². The molecule has 1 fully saturated rings. The lowest BCUT2D eigenvalue weighted by molar-refractivity contribution is 0.0868. The van der Waals surface area contributed by atoms with E-state index >= 15 is 0 Å². The zero-order chi connectivity index (χ0) is 13.7. The average molecular weight is 263 g/mol. The van der Waals surface area contributed by atoms with E-state index in [9.17, 15) is 9.90 Å². The van der Waals surface area contributed by atoms with Gasteiger partial charge in [-0.2, -0.15) is 0 Å². The van der Waals surface area contributed by atoms with E-state index in [1.54, 1.807) is 12.4 Å². The van der Waals surface area contributed by atoms with E-state index in [1.165, 1.54) is 0 Å². The topological polar surface area (TPSA) is 74.2 Å². The molecule has 0 saturated heterocycles. The van der Waals surface area contributed by atoms with Gasteiger partial charge in [0.15, 0.2) is 0 Å². The molecule has 5 heteroatoms. The van der Waals surface area contributed by atoms with Crippen LogP contribution in [0.25, 0.3) is 0 Å². The van der Waals surface area contributed by atoms with Gasteiger partial charge in [-0.05, 0) is 38.7 Å². The smallest absolute Gasteiger partial charge is 0.255 e. The minimum absolute atomic E-state index is 0.0922. The summed E-state index contributed by atoms with van der Waals surface area (Å²) in [4.78, 5) is 16.2. The Bertz CT molecular complexity index is 428. The highest BCUT2D eigenvalue weighted by Gasteiger charge is 2.22. The minimum Gasteiger partial charge on any atom is -0.393 e. The number of aliphatic hydroxyl groups excluding tert-OH is 1. The van der Waals surface area contributed by atoms with Crippen LogP contribution in [0.1, 0.15) is 43.0 Å². The molecule has 0 spiro atoms. The number of carbonyl (C=O) groups excluding carboxylic acids is 1. The van der Waals surface area contributed by atoms with E-state index in [-0.39, 0.29) is 18.1 Å². The summed E-state index contributed by atoms with van der Waals surface area (Å²) in [7, 11) is 0. The summed E-state index contributed by atoms with van der Waals surface area (Å²) in [6.45, 7) is 2.75. The van der Waals surface area contributed by atoms with Crippen molar-refractivity contribution in [1.29, 1.82) is 0 Å². The lowest BCUT2D eigenvalue weighted by atomic mass is 9.93. The van der Waals surface area contributed by atoms with Crippen LogP contribution in [0.5, 0.6) is 0 Å². The third kappa shape index (κ3) is 3.67. The van der Waals surface area contributed by atoms with Gasteiger partial charge in [-0.1, -0.05) is 0 Å². The summed E-state index contributed by atoms with van der Waals surface area (Å²) in [6, 6.07) is 1.97. The first-order valence-corrected chi connectivity index (χ1v) is 6.87. The molecule has 1 aliphatic rings. The van der Waals surface area contributed by atoms with Gasteiger partial charge in [0.05, 0.1) is 17.4 Å². The van der Waals surface area contributed by atoms with Crippen LogP contribution in [-0.4, -0.2) is 34.7 Å². The summed E-state index contributed by atoms with van der Waals surface area (Å²) in [6.07, 6.45) is 6.25. The van der Waals surface area contributed by atoms with Gasteiger partial charge in [0, 0.05) is 25.0 Å². The Morgan fingerprint density at radius 2 is 2.16 bits per heavy atom. The molecule has 0 bridgehead atoms. The second-order valence-corrected chi connectivity index (χ2v) is 4.93. The first-order chi connectivity index (χ1) is 9.20. The number of nitrogens with zero attached hydrogens (tertiary/aromatic N) is 1. The standard InChI is InChI=1S/C14H21N3O2/c1-2-16-13-7-8-15-9-12(13)14(19)17-10-3-5-11(18)6-4-10/h7-11,18H,2-6H2,1H3,(H,15,16)(H,17,19). The molecule has 2 rings (SSSR count). The summed E-state index contributed by atoms with van der Waals surface area (Å²) in [5, 5.41) is 15.6. The lowest BCUT2D eigenvalue weighted by Crippen LogP contribution is -2.38. The van der Waals surface area contributed by atoms with Gasteiger partial charge >= 0.3 is 0 Å². The first-order valence-electron chi connectivity index (χ1n) is 6.87. The van der Waals surface area contributed by atoms with Crippen LogP contribution >= 0.6 is 0 Å². The number of aliphatic hydroxyl groups is 1. The molecule has 0 radical (unpaired) electrons. The molecular weight excluding hydrogens is 242 g/mol. The Hall–Kier alpha value is -1.62. The van der Waals surface area contributed by atoms with E-state index < -0.39 is 0 Å². The maximum atomic E-state index is 12.2. The van der Waals surface area contributed by atoms with Crippen molar-refractivity contribution in [2.45, 2.75) is 44.8 Å². The summed E-state index contributed by atoms with van der Waals surface area (Å²) < 4.78 is 0. The molecule has 5 nitrogen and oxygen atoms in total. The Kier molecular flexibility index (Phi) is 4.74. The quantitative estimate of drug-likeness (QED) is 0.770. The van der Waals surface area contributed by atoms with Gasteiger partial charge in [-0.25, -0.2) is 0 Å². The molecule has 1 heterocycles. The Morgan fingerprint density at radius 1 is 1.42 bits per heavy atom. The van der Waals surface area contributed by atoms with Crippen LogP contribution in [-0.2, 0) is 0 Å². The van der Waals surface area contributed by atoms with Crippen molar-refractivity contribution >= 4 is 11.6 Å². The van der Waals surface area contributed by atoms with E-state index in [0.717, 1.165) is 37.9 Å². The zero-order valence-electron chi connectivity index (χ0n) is 11.2. The number of anilines is 1. The number of hydrogen-bond donors (Lipinski definition) is 3. The molecule has 1 aromatic heterocycles. The Labute approximate surface area is 113 Å². The lowest BCUT2D eigenvalue weighted by Gasteiger charge is -2.26. The highest BCUT2D eigenvalue weighted by atomic mass is 16.3. The highest BCUT2D eigenvalue weighted by Crippen LogP contribution is 2.20. The van der Waals surface area contributed by atoms with Crippen LogP contribution in [0.4, 0.5) is 5.69 Å². The van der Waals surface area contributed by atoms with Crippen molar-refractivity contribution < 1.29 is 9.90 Å². The number of nitrogens with one attached hydrogen (secondary N) is 2. The number of aromatic nitrogens is 1. The normalized spacial score (nSPS) is 22.8. The zero-order valence-corrected chi connectivity index (χ0v) is 11.2. The van der Waals surface area contributed by atoms with E-state index in [4.69, 9.17) is 0 Å². The molecule has 3 N–H and O–H groups in total. The van der Waals surface area contributed by atoms with E-state index in [0.29, 0.717) is 5.56 Å². The third-order valence-corrected chi connectivity index (χ3v) is 3.46. The second kappa shape index (κ2) is 6.52. The molecule has 104 valence electrons. The fraction of sp³-hybridized carbons (Fsp3) is 0.571. The van der Waals surface area contributed by atoms with Gasteiger partial charge in [0.2, 0.25) is 0 Å². The van der Waals surface area contributed by atoms with Gasteiger partial charge in [0.1, 0.15) is 0 Å². The average Bonchev–Trinajstić information content (AvgIpc) is 2.42. The van der Waals surface area contributed by atoms with E-state index in [2.05, 4.69) is 15.6 Å². The highest BCUT2D eigenvalue weighted by molar-refractivity contribution is 5.99. The fourth-order valence-corrected chi connectivity index (χ4v) is 2.40. The monoisotopic (exact) mass is 263 g/mol. The van der Waals surface area contributed by atoms with Crippen molar-refractivity contribution in [2.75, 3.05) is 11.9 Å². The van der Waals surface area contributed by atoms with Crippen molar-refractivity contribution in [3.63, 3.8) is 0 Å². The molecule has 1 aromatic rings. The molecule has 0 aromatic carbocycles. The van der Waals surface area contributed by atoms with Crippen LogP contribution in [0, 0.1) is 0 Å². The molecule has 1 amide bonds. The number of rotatable bonds is 4. The number of carbonyl (C=O) groups is 1. The maximum absolute atomic E-state index is 12.2. The van der Waals surface area contributed by atoms with Crippen LogP contribution in [0.2, 0.25) is 0 Å². The predicted octanol–water partition coefficient (Wildman–Crippen LogP) is 1.55. The minimum atomic E-state index is -0.205. The Balaban J connectivity index is 1.99. The van der Waals surface area contributed by atoms with Crippen LogP contribution < -0.4 is 10.6 Å². The molecule has 0 unspecified atom stereocenters. The van der Waals surface area contributed by atoms with Gasteiger partial charge in [0.25, 0.3) is 5.91 Å². The van der Waals surface area contributed by atoms with Crippen molar-refractivity contribution in [2.24, 2.45) is 0 Å². The predicted molar refractivity (Wildman–Crippen MR) is 74.1 cm³/mol. The number of amides is 1. The summed E-state index contributed by atoms with van der Waals surface area (Å²) >= 11 is 0. The van der Waals surface area contributed by atoms with Gasteiger partial charge in [-0.3, -0.25) is 9.78 Å². The largest absolute Gasteiger partial charge is 0.393 e. The van der Waals surface area contributed by atoms with Crippen LogP contribution in [0.3, 0.4) is 0 Å². The van der Waals surface area contributed by atoms with Crippen molar-refractivity contribution in [3.05, 3.63) is 24.0 Å². The second-order valence-electron chi connectivity index (χ2n) is 4.93. The number of pyridine rings is 1. The fourth-order valence-electron chi connectivity index (χ4n) is 2.40. The molecule has 1 aliphatic carbocycles. The SMILES string of the molecule is CCNc1ccncc1C(=O)NC1CCC(O)CC1. The summed E-state index contributed by atoms with van der Waals surface area (Å²) in [5.41, 5.74) is 1.39. The molecule has 1 saturated carbocycles. The molecule has 0 atom stereocenters. The molecule has 19 heavy (non-hydrogen) atoms. The molecular formula is C14H21N3O2. The number of hydrogen-bond acceptors (Lipinski definition) is 4.